The largest absolute Gasteiger partial charge is 0.454 e. The average Bonchev–Trinajstić information content (AvgIpc) is 3.31. The molecular formula is C17H20N6O4. The van der Waals surface area contributed by atoms with Crippen LogP contribution in [0.1, 0.15) is 5.56 Å². The van der Waals surface area contributed by atoms with Gasteiger partial charge in [0, 0.05) is 44.8 Å². The first-order chi connectivity index (χ1) is 13.1. The predicted octanol–water partition coefficient (Wildman–Crippen LogP) is 1.14. The molecule has 0 saturated heterocycles. The first-order valence-corrected chi connectivity index (χ1v) is 8.47. The Balaban J connectivity index is 1.78. The van der Waals surface area contributed by atoms with E-state index in [9.17, 15) is 4.79 Å². The van der Waals surface area contributed by atoms with Crippen LogP contribution in [0.4, 0.5) is 4.79 Å². The molecule has 3 heterocycles. The van der Waals surface area contributed by atoms with Crippen molar-refractivity contribution in [2.75, 3.05) is 41.1 Å². The zero-order valence-corrected chi connectivity index (χ0v) is 15.4. The van der Waals surface area contributed by atoms with E-state index in [4.69, 9.17) is 14.2 Å². The summed E-state index contributed by atoms with van der Waals surface area (Å²) in [5.74, 6) is 1.35. The number of carbonyl (C=O) groups is 1. The molecule has 0 bridgehead atoms. The van der Waals surface area contributed by atoms with Crippen LogP contribution in [0.5, 0.6) is 11.5 Å². The molecule has 1 aliphatic rings. The molecule has 0 fully saturated rings. The maximum Gasteiger partial charge on any atom is 0.319 e. The number of amides is 2. The van der Waals surface area contributed by atoms with Crippen LogP contribution < -0.4 is 9.47 Å². The summed E-state index contributed by atoms with van der Waals surface area (Å²) >= 11 is 0. The Kier molecular flexibility index (Phi) is 4.40. The third-order valence-corrected chi connectivity index (χ3v) is 4.42. The van der Waals surface area contributed by atoms with Crippen molar-refractivity contribution in [3.8, 4) is 11.5 Å². The SMILES string of the molecule is COCCN(Cc1cc2cc3c(cc2n2nnnc12)OCO3)C(=O)N(C)C. The Morgan fingerprint density at radius 1 is 1.26 bits per heavy atom. The normalized spacial score (nSPS) is 12.7. The lowest BCUT2D eigenvalue weighted by atomic mass is 10.1. The van der Waals surface area contributed by atoms with E-state index in [0.29, 0.717) is 36.8 Å². The van der Waals surface area contributed by atoms with Crippen LogP contribution in [0, 0.1) is 0 Å². The second-order valence-corrected chi connectivity index (χ2v) is 6.44. The number of fused-ring (bicyclic) bond motifs is 4. The molecular weight excluding hydrogens is 352 g/mol. The molecule has 0 unspecified atom stereocenters. The van der Waals surface area contributed by atoms with Crippen LogP contribution in [0.15, 0.2) is 18.2 Å². The minimum absolute atomic E-state index is 0.108. The van der Waals surface area contributed by atoms with Gasteiger partial charge in [-0.3, -0.25) is 0 Å². The second-order valence-electron chi connectivity index (χ2n) is 6.44. The molecule has 2 amide bonds. The third-order valence-electron chi connectivity index (χ3n) is 4.42. The lowest BCUT2D eigenvalue weighted by molar-refractivity contribution is 0.132. The molecule has 0 N–H and O–H groups in total. The fraction of sp³-hybridized carbons (Fsp3) is 0.412. The number of tetrazole rings is 1. The van der Waals surface area contributed by atoms with Gasteiger partial charge in [-0.2, -0.15) is 4.52 Å². The summed E-state index contributed by atoms with van der Waals surface area (Å²) in [6.45, 7) is 1.45. The van der Waals surface area contributed by atoms with E-state index in [-0.39, 0.29) is 12.8 Å². The van der Waals surface area contributed by atoms with Gasteiger partial charge in [-0.15, -0.1) is 5.10 Å². The van der Waals surface area contributed by atoms with Crippen molar-refractivity contribution in [2.24, 2.45) is 0 Å². The Bertz CT molecular complexity index is 1000. The van der Waals surface area contributed by atoms with Gasteiger partial charge in [-0.05, 0) is 22.6 Å². The van der Waals surface area contributed by atoms with Crippen LogP contribution in [-0.2, 0) is 11.3 Å². The standard InChI is InChI=1S/C17H20N6O4/c1-21(2)17(24)22(4-5-25-3)9-12-6-11-7-14-15(27-10-26-14)8-13(11)23-16(12)18-19-20-23/h6-8H,4-5,9-10H2,1-3H3. The van der Waals surface area contributed by atoms with Crippen molar-refractivity contribution in [3.63, 3.8) is 0 Å². The highest BCUT2D eigenvalue weighted by atomic mass is 16.7. The number of pyridine rings is 1. The van der Waals surface area contributed by atoms with E-state index in [2.05, 4.69) is 15.5 Å². The summed E-state index contributed by atoms with van der Waals surface area (Å²) in [4.78, 5) is 15.8. The minimum atomic E-state index is -0.108. The lowest BCUT2D eigenvalue weighted by Crippen LogP contribution is -2.40. The van der Waals surface area contributed by atoms with Gasteiger partial charge in [0.25, 0.3) is 0 Å². The monoisotopic (exact) mass is 372 g/mol. The zero-order valence-electron chi connectivity index (χ0n) is 15.4. The molecule has 0 atom stereocenters. The number of carbonyl (C=O) groups excluding carboxylic acids is 1. The summed E-state index contributed by atoms with van der Waals surface area (Å²) in [6, 6.07) is 5.63. The Morgan fingerprint density at radius 2 is 2.04 bits per heavy atom. The topological polar surface area (TPSA) is 94.3 Å². The Labute approximate surface area is 155 Å². The number of urea groups is 1. The number of benzene rings is 1. The first kappa shape index (κ1) is 17.3. The van der Waals surface area contributed by atoms with E-state index in [1.165, 1.54) is 4.90 Å². The molecule has 1 aliphatic heterocycles. The molecule has 2 aromatic heterocycles. The summed E-state index contributed by atoms with van der Waals surface area (Å²) in [7, 11) is 5.05. The fourth-order valence-corrected chi connectivity index (χ4v) is 3.10. The maximum atomic E-state index is 12.5. The molecule has 0 spiro atoms. The van der Waals surface area contributed by atoms with Crippen molar-refractivity contribution in [3.05, 3.63) is 23.8 Å². The number of nitrogens with zero attached hydrogens (tertiary/aromatic N) is 6. The smallest absolute Gasteiger partial charge is 0.319 e. The molecule has 4 rings (SSSR count). The van der Waals surface area contributed by atoms with Gasteiger partial charge in [0.15, 0.2) is 17.1 Å². The fourth-order valence-electron chi connectivity index (χ4n) is 3.10. The van der Waals surface area contributed by atoms with E-state index < -0.39 is 0 Å². The summed E-state index contributed by atoms with van der Waals surface area (Å²) < 4.78 is 17.7. The molecule has 3 aromatic rings. The molecule has 27 heavy (non-hydrogen) atoms. The molecule has 142 valence electrons. The highest BCUT2D eigenvalue weighted by molar-refractivity contribution is 5.86. The maximum absolute atomic E-state index is 12.5. The van der Waals surface area contributed by atoms with Gasteiger partial charge >= 0.3 is 6.03 Å². The number of methoxy groups -OCH3 is 1. The van der Waals surface area contributed by atoms with Crippen LogP contribution in [0.3, 0.4) is 0 Å². The molecule has 10 heteroatoms. The minimum Gasteiger partial charge on any atom is -0.454 e. The highest BCUT2D eigenvalue weighted by Crippen LogP contribution is 2.36. The van der Waals surface area contributed by atoms with Crippen molar-refractivity contribution < 1.29 is 19.0 Å². The van der Waals surface area contributed by atoms with Crippen LogP contribution >= 0.6 is 0 Å². The number of ether oxygens (including phenoxy) is 3. The van der Waals surface area contributed by atoms with E-state index >= 15 is 0 Å². The van der Waals surface area contributed by atoms with Gasteiger partial charge in [0.05, 0.1) is 18.7 Å². The van der Waals surface area contributed by atoms with Crippen molar-refractivity contribution in [2.45, 2.75) is 6.54 Å². The summed E-state index contributed by atoms with van der Waals surface area (Å²) in [6.07, 6.45) is 0. The van der Waals surface area contributed by atoms with Crippen molar-refractivity contribution in [1.29, 1.82) is 0 Å². The average molecular weight is 372 g/mol. The predicted molar refractivity (Wildman–Crippen MR) is 95.8 cm³/mol. The lowest BCUT2D eigenvalue weighted by Gasteiger charge is -2.26. The summed E-state index contributed by atoms with van der Waals surface area (Å²) in [5.41, 5.74) is 2.23. The van der Waals surface area contributed by atoms with Gasteiger partial charge in [-0.1, -0.05) is 0 Å². The number of hydrogen-bond acceptors (Lipinski definition) is 7. The third kappa shape index (κ3) is 3.08. The summed E-state index contributed by atoms with van der Waals surface area (Å²) in [5, 5.41) is 13.0. The van der Waals surface area contributed by atoms with E-state index in [1.807, 2.05) is 18.2 Å². The van der Waals surface area contributed by atoms with Crippen molar-refractivity contribution in [1.82, 2.24) is 29.8 Å². The van der Waals surface area contributed by atoms with Crippen molar-refractivity contribution >= 4 is 22.6 Å². The van der Waals surface area contributed by atoms with Crippen LogP contribution in [-0.4, -0.2) is 77.0 Å². The number of aromatic nitrogens is 4. The number of hydrogen-bond donors (Lipinski definition) is 0. The zero-order chi connectivity index (χ0) is 19.0. The Hall–Kier alpha value is -3.14. The molecule has 0 radical (unpaired) electrons. The van der Waals surface area contributed by atoms with Gasteiger partial charge < -0.3 is 24.0 Å². The molecule has 0 saturated carbocycles. The first-order valence-electron chi connectivity index (χ1n) is 8.47. The van der Waals surface area contributed by atoms with Crippen LogP contribution in [0.25, 0.3) is 16.6 Å². The van der Waals surface area contributed by atoms with Gasteiger partial charge in [-0.25, -0.2) is 4.79 Å². The quantitative estimate of drug-likeness (QED) is 0.663. The Morgan fingerprint density at radius 3 is 2.78 bits per heavy atom. The molecule has 10 nitrogen and oxygen atoms in total. The van der Waals surface area contributed by atoms with E-state index in [1.54, 1.807) is 30.6 Å². The second kappa shape index (κ2) is 6.88. The highest BCUT2D eigenvalue weighted by Gasteiger charge is 2.21. The number of rotatable bonds is 5. The molecule has 1 aromatic carbocycles. The molecule has 0 aliphatic carbocycles. The van der Waals surface area contributed by atoms with Gasteiger partial charge in [0.1, 0.15) is 0 Å². The van der Waals surface area contributed by atoms with Gasteiger partial charge in [0.2, 0.25) is 6.79 Å². The van der Waals surface area contributed by atoms with Crippen LogP contribution in [0.2, 0.25) is 0 Å². The van der Waals surface area contributed by atoms with E-state index in [0.717, 1.165) is 16.5 Å².